The molecule has 0 atom stereocenters. The smallest absolute Gasteiger partial charge is 0.0701 e. The Morgan fingerprint density at radius 3 is 2.40 bits per heavy atom. The molecule has 0 aromatic rings. The molecule has 15 heavy (non-hydrogen) atoms. The summed E-state index contributed by atoms with van der Waals surface area (Å²) in [6, 6.07) is 0. The van der Waals surface area contributed by atoms with E-state index in [1.54, 1.807) is 6.20 Å². The van der Waals surface area contributed by atoms with Gasteiger partial charge in [-0.1, -0.05) is 20.4 Å². The van der Waals surface area contributed by atoms with Crippen LogP contribution in [0.2, 0.25) is 0 Å². The molecule has 0 aliphatic heterocycles. The summed E-state index contributed by atoms with van der Waals surface area (Å²) >= 11 is 0. The van der Waals surface area contributed by atoms with E-state index in [1.807, 2.05) is 0 Å². The summed E-state index contributed by atoms with van der Waals surface area (Å²) < 4.78 is 10.8. The highest BCUT2D eigenvalue weighted by Crippen LogP contribution is 2.02. The van der Waals surface area contributed by atoms with Crippen molar-refractivity contribution in [2.45, 2.75) is 26.7 Å². The fraction of sp³-hybridized carbons (Fsp3) is 0.833. The third-order valence-corrected chi connectivity index (χ3v) is 1.98. The van der Waals surface area contributed by atoms with Gasteiger partial charge in [0.25, 0.3) is 0 Å². The first kappa shape index (κ1) is 14.5. The van der Waals surface area contributed by atoms with Gasteiger partial charge in [-0.15, -0.1) is 0 Å². The Bertz CT molecular complexity index is 138. The third kappa shape index (κ3) is 13.5. The Hall–Kier alpha value is -0.540. The van der Waals surface area contributed by atoms with E-state index in [1.165, 1.54) is 6.42 Å². The molecule has 0 rings (SSSR count). The fourth-order valence-electron chi connectivity index (χ4n) is 1.15. The number of ether oxygens (including phenoxy) is 2. The second-order valence-corrected chi connectivity index (χ2v) is 3.92. The van der Waals surface area contributed by atoms with Gasteiger partial charge in [0, 0.05) is 13.2 Å². The van der Waals surface area contributed by atoms with E-state index >= 15 is 0 Å². The Labute approximate surface area is 93.8 Å². The highest BCUT2D eigenvalue weighted by Gasteiger charge is 1.94. The topological polar surface area (TPSA) is 30.5 Å². The first-order valence-electron chi connectivity index (χ1n) is 5.77. The number of hydrogen-bond donors (Lipinski definition) is 1. The lowest BCUT2D eigenvalue weighted by Gasteiger charge is -2.07. The van der Waals surface area contributed by atoms with Crippen LogP contribution in [0.15, 0.2) is 12.8 Å². The van der Waals surface area contributed by atoms with Crippen molar-refractivity contribution in [2.75, 3.05) is 33.0 Å². The standard InChI is InChI=1S/C12H25NO2/c1-4-13-7-9-15-11-10-14-8-5-6-12(2)3/h4,12-13H,1,5-11H2,2-3H3. The maximum absolute atomic E-state index is 5.43. The second-order valence-electron chi connectivity index (χ2n) is 3.92. The zero-order chi connectivity index (χ0) is 11.4. The van der Waals surface area contributed by atoms with Crippen molar-refractivity contribution >= 4 is 0 Å². The monoisotopic (exact) mass is 215 g/mol. The van der Waals surface area contributed by atoms with Crippen molar-refractivity contribution in [3.05, 3.63) is 12.8 Å². The lowest BCUT2D eigenvalue weighted by atomic mass is 10.1. The molecule has 0 aromatic heterocycles. The maximum atomic E-state index is 5.43. The van der Waals surface area contributed by atoms with Gasteiger partial charge in [0.2, 0.25) is 0 Å². The Kier molecular flexibility index (Phi) is 11.1. The molecule has 1 N–H and O–H groups in total. The van der Waals surface area contributed by atoms with Gasteiger partial charge in [-0.3, -0.25) is 0 Å². The van der Waals surface area contributed by atoms with Crippen LogP contribution in [-0.4, -0.2) is 33.0 Å². The predicted octanol–water partition coefficient (Wildman–Crippen LogP) is 2.19. The van der Waals surface area contributed by atoms with Gasteiger partial charge in [0.15, 0.2) is 0 Å². The predicted molar refractivity (Wildman–Crippen MR) is 63.9 cm³/mol. The summed E-state index contributed by atoms with van der Waals surface area (Å²) in [4.78, 5) is 0. The van der Waals surface area contributed by atoms with Crippen LogP contribution in [0.4, 0.5) is 0 Å². The van der Waals surface area contributed by atoms with Crippen molar-refractivity contribution in [3.8, 4) is 0 Å². The van der Waals surface area contributed by atoms with Crippen molar-refractivity contribution in [2.24, 2.45) is 5.92 Å². The lowest BCUT2D eigenvalue weighted by molar-refractivity contribution is 0.0474. The van der Waals surface area contributed by atoms with Crippen LogP contribution in [0.1, 0.15) is 26.7 Å². The van der Waals surface area contributed by atoms with E-state index in [0.29, 0.717) is 19.8 Å². The summed E-state index contributed by atoms with van der Waals surface area (Å²) in [6.07, 6.45) is 4.06. The second kappa shape index (κ2) is 11.5. The van der Waals surface area contributed by atoms with Crippen LogP contribution in [0.25, 0.3) is 0 Å². The summed E-state index contributed by atoms with van der Waals surface area (Å²) in [5, 5.41) is 2.97. The van der Waals surface area contributed by atoms with Gasteiger partial charge in [-0.05, 0) is 25.0 Å². The minimum absolute atomic E-state index is 0.681. The first-order valence-corrected chi connectivity index (χ1v) is 5.77. The van der Waals surface area contributed by atoms with E-state index in [9.17, 15) is 0 Å². The summed E-state index contributed by atoms with van der Waals surface area (Å²) in [5.41, 5.74) is 0. The van der Waals surface area contributed by atoms with Gasteiger partial charge in [0.05, 0.1) is 19.8 Å². The summed E-state index contributed by atoms with van der Waals surface area (Å²) in [7, 11) is 0. The molecule has 0 radical (unpaired) electrons. The molecule has 3 heteroatoms. The minimum atomic E-state index is 0.681. The maximum Gasteiger partial charge on any atom is 0.0701 e. The summed E-state index contributed by atoms with van der Waals surface area (Å²) in [6.45, 7) is 11.8. The minimum Gasteiger partial charge on any atom is -0.389 e. The molecule has 3 nitrogen and oxygen atoms in total. The van der Waals surface area contributed by atoms with E-state index in [0.717, 1.165) is 25.5 Å². The van der Waals surface area contributed by atoms with Gasteiger partial charge < -0.3 is 14.8 Å². The van der Waals surface area contributed by atoms with Crippen LogP contribution in [0.5, 0.6) is 0 Å². The van der Waals surface area contributed by atoms with Crippen molar-refractivity contribution in [1.29, 1.82) is 0 Å². The van der Waals surface area contributed by atoms with Crippen LogP contribution in [0, 0.1) is 5.92 Å². The van der Waals surface area contributed by atoms with E-state index in [-0.39, 0.29) is 0 Å². The van der Waals surface area contributed by atoms with Gasteiger partial charge in [0.1, 0.15) is 0 Å². The van der Waals surface area contributed by atoms with E-state index in [4.69, 9.17) is 9.47 Å². The Morgan fingerprint density at radius 2 is 1.80 bits per heavy atom. The zero-order valence-corrected chi connectivity index (χ0v) is 10.1. The van der Waals surface area contributed by atoms with Crippen molar-refractivity contribution in [3.63, 3.8) is 0 Å². The number of nitrogens with one attached hydrogen (secondary N) is 1. The summed E-state index contributed by atoms with van der Waals surface area (Å²) in [5.74, 6) is 0.773. The molecule has 0 aliphatic carbocycles. The molecule has 90 valence electrons. The molecule has 0 spiro atoms. The van der Waals surface area contributed by atoms with Crippen LogP contribution in [0.3, 0.4) is 0 Å². The highest BCUT2D eigenvalue weighted by molar-refractivity contribution is 4.61. The SMILES string of the molecule is C=CNCCOCCOCCCC(C)C. The normalized spacial score (nSPS) is 10.6. The fourth-order valence-corrected chi connectivity index (χ4v) is 1.15. The largest absolute Gasteiger partial charge is 0.389 e. The molecule has 0 bridgehead atoms. The lowest BCUT2D eigenvalue weighted by Crippen LogP contribution is -2.15. The molecule has 0 amide bonds. The molecular formula is C12H25NO2. The van der Waals surface area contributed by atoms with Gasteiger partial charge in [-0.2, -0.15) is 0 Å². The van der Waals surface area contributed by atoms with Crippen molar-refractivity contribution in [1.82, 2.24) is 5.32 Å². The van der Waals surface area contributed by atoms with Gasteiger partial charge in [-0.25, -0.2) is 0 Å². The number of rotatable bonds is 11. The molecule has 0 saturated heterocycles. The number of hydrogen-bond acceptors (Lipinski definition) is 3. The molecule has 0 aromatic carbocycles. The van der Waals surface area contributed by atoms with Crippen molar-refractivity contribution < 1.29 is 9.47 Å². The molecule has 0 unspecified atom stereocenters. The van der Waals surface area contributed by atoms with E-state index in [2.05, 4.69) is 25.7 Å². The third-order valence-electron chi connectivity index (χ3n) is 1.98. The molecule has 0 aliphatic rings. The average Bonchev–Trinajstić information content (AvgIpc) is 2.20. The molecule has 0 heterocycles. The molecule has 0 fully saturated rings. The van der Waals surface area contributed by atoms with Gasteiger partial charge >= 0.3 is 0 Å². The molecular weight excluding hydrogens is 190 g/mol. The zero-order valence-electron chi connectivity index (χ0n) is 10.1. The van der Waals surface area contributed by atoms with E-state index < -0.39 is 0 Å². The quantitative estimate of drug-likeness (QED) is 0.536. The Balaban J connectivity index is 2.89. The highest BCUT2D eigenvalue weighted by atomic mass is 16.5. The van der Waals surface area contributed by atoms with Crippen LogP contribution < -0.4 is 5.32 Å². The Morgan fingerprint density at radius 1 is 1.13 bits per heavy atom. The molecule has 0 saturated carbocycles. The average molecular weight is 215 g/mol. The van der Waals surface area contributed by atoms with Crippen LogP contribution in [-0.2, 0) is 9.47 Å². The first-order chi connectivity index (χ1) is 7.27. The van der Waals surface area contributed by atoms with Crippen LogP contribution >= 0.6 is 0 Å².